The second-order valence-electron chi connectivity index (χ2n) is 8.35. The molecule has 1 aromatic rings. The van der Waals surface area contributed by atoms with Gasteiger partial charge in [-0.25, -0.2) is 0 Å². The highest BCUT2D eigenvalue weighted by Crippen LogP contribution is 2.36. The van der Waals surface area contributed by atoms with Crippen molar-refractivity contribution in [2.45, 2.75) is 72.1 Å². The summed E-state index contributed by atoms with van der Waals surface area (Å²) < 4.78 is 26.9. The summed E-state index contributed by atoms with van der Waals surface area (Å²) in [5.41, 5.74) is 1.11. The van der Waals surface area contributed by atoms with Gasteiger partial charge in [0.15, 0.2) is 23.4 Å². The first-order valence-electron chi connectivity index (χ1n) is 11.4. The number of benzene rings is 1. The van der Waals surface area contributed by atoms with Crippen LogP contribution in [0, 0.1) is 6.92 Å². The van der Waals surface area contributed by atoms with E-state index in [2.05, 4.69) is 5.32 Å². The van der Waals surface area contributed by atoms with Crippen molar-refractivity contribution in [1.29, 1.82) is 0 Å². The zero-order chi connectivity index (χ0) is 28.7. The number of halogens is 1. The van der Waals surface area contributed by atoms with Crippen LogP contribution >= 0.6 is 23.8 Å². The van der Waals surface area contributed by atoms with Crippen LogP contribution in [0.15, 0.2) is 18.2 Å². The molecule has 1 aromatic carbocycles. The van der Waals surface area contributed by atoms with Crippen molar-refractivity contribution < 1.29 is 47.7 Å². The first kappa shape index (κ1) is 30.8. The van der Waals surface area contributed by atoms with E-state index in [1.165, 1.54) is 11.8 Å². The van der Waals surface area contributed by atoms with Crippen molar-refractivity contribution in [3.63, 3.8) is 0 Å². The Balaban J connectivity index is 2.68. The van der Waals surface area contributed by atoms with E-state index in [9.17, 15) is 24.0 Å². The number of nitrogens with zero attached hydrogens (tertiary/aromatic N) is 1. The normalized spacial score (nSPS) is 18.9. The molecule has 1 aliphatic rings. The SMILES string of the molecule is CC(=O)OC[C@@H](OC(C)=O)[C@@H](OC(C)=O)[C@@H](OC(C)=O)[C@H]1NC(=S)N(c2c(C)cccc2Cl)[C@@H]1OC(C)=O. The van der Waals surface area contributed by atoms with Crippen LogP contribution in [0.25, 0.3) is 0 Å². The molecule has 14 heteroatoms. The minimum atomic E-state index is -1.52. The predicted molar refractivity (Wildman–Crippen MR) is 137 cm³/mol. The zero-order valence-electron chi connectivity index (χ0n) is 21.6. The van der Waals surface area contributed by atoms with E-state index in [0.717, 1.165) is 27.7 Å². The number of aryl methyl sites for hydroxylation is 1. The lowest BCUT2D eigenvalue weighted by Crippen LogP contribution is -2.58. The van der Waals surface area contributed by atoms with Gasteiger partial charge in [0.25, 0.3) is 0 Å². The van der Waals surface area contributed by atoms with Gasteiger partial charge in [-0.2, -0.15) is 0 Å². The van der Waals surface area contributed by atoms with Crippen LogP contribution in [0.1, 0.15) is 40.2 Å². The summed E-state index contributed by atoms with van der Waals surface area (Å²) in [7, 11) is 0. The van der Waals surface area contributed by atoms with Gasteiger partial charge >= 0.3 is 29.8 Å². The van der Waals surface area contributed by atoms with Crippen molar-refractivity contribution in [2.24, 2.45) is 0 Å². The maximum Gasteiger partial charge on any atom is 0.304 e. The minimum absolute atomic E-state index is 0.0557. The molecule has 0 spiro atoms. The third kappa shape index (κ3) is 8.02. The number of esters is 5. The summed E-state index contributed by atoms with van der Waals surface area (Å²) in [6.45, 7) is 6.82. The van der Waals surface area contributed by atoms with E-state index < -0.39 is 67.0 Å². The van der Waals surface area contributed by atoms with Gasteiger partial charge in [-0.15, -0.1) is 0 Å². The van der Waals surface area contributed by atoms with Crippen molar-refractivity contribution >= 4 is 64.5 Å². The number of anilines is 1. The Bertz CT molecular complexity index is 1090. The Morgan fingerprint density at radius 3 is 2.05 bits per heavy atom. The molecule has 2 rings (SSSR count). The summed E-state index contributed by atoms with van der Waals surface area (Å²) in [5.74, 6) is -3.83. The second-order valence-corrected chi connectivity index (χ2v) is 9.14. The number of carbonyl (C=O) groups is 5. The summed E-state index contributed by atoms with van der Waals surface area (Å²) in [4.78, 5) is 61.3. The molecule has 0 aromatic heterocycles. The minimum Gasteiger partial charge on any atom is -0.462 e. The average Bonchev–Trinajstić information content (AvgIpc) is 3.08. The maximum absolute atomic E-state index is 12.2. The van der Waals surface area contributed by atoms with Crippen LogP contribution in [0.3, 0.4) is 0 Å². The van der Waals surface area contributed by atoms with Gasteiger partial charge in [0, 0.05) is 34.6 Å². The van der Waals surface area contributed by atoms with Gasteiger partial charge in [-0.1, -0.05) is 23.7 Å². The number of para-hydroxylation sites is 1. The molecule has 1 N–H and O–H groups in total. The second kappa shape index (κ2) is 13.4. The van der Waals surface area contributed by atoms with Gasteiger partial charge in [-0.3, -0.25) is 28.9 Å². The Morgan fingerprint density at radius 1 is 0.947 bits per heavy atom. The number of nitrogens with one attached hydrogen (secondary N) is 1. The first-order valence-corrected chi connectivity index (χ1v) is 12.2. The van der Waals surface area contributed by atoms with E-state index in [4.69, 9.17) is 47.5 Å². The number of hydrogen-bond acceptors (Lipinski definition) is 11. The monoisotopic (exact) mass is 572 g/mol. The molecule has 1 fully saturated rings. The standard InChI is InChI=1S/C24H29ClN2O10S/c1-11-8-7-9-17(25)20(11)27-23(37-16(6)32)19(26-24(27)38)22(36-15(5)31)21(35-14(4)30)18(34-13(3)29)10-33-12(2)28/h7-9,18-19,21-23H,10H2,1-6H3,(H,26,38)/t18-,19-,21-,22+,23-/m1/s1. The average molecular weight is 573 g/mol. The summed E-state index contributed by atoms with van der Waals surface area (Å²) >= 11 is 12.0. The van der Waals surface area contributed by atoms with Gasteiger partial charge in [0.05, 0.1) is 10.7 Å². The highest BCUT2D eigenvalue weighted by atomic mass is 35.5. The Hall–Kier alpha value is -3.45. The summed E-state index contributed by atoms with van der Waals surface area (Å²) in [5, 5.41) is 3.30. The van der Waals surface area contributed by atoms with Crippen LogP contribution in [0.4, 0.5) is 5.69 Å². The molecule has 12 nitrogen and oxygen atoms in total. The molecule has 0 unspecified atom stereocenters. The fraction of sp³-hybridized carbons (Fsp3) is 0.500. The molecular formula is C24H29ClN2O10S. The Kier molecular flexibility index (Phi) is 10.8. The fourth-order valence-electron chi connectivity index (χ4n) is 3.95. The number of thiocarbonyl (C=S) groups is 1. The lowest BCUT2D eigenvalue weighted by atomic mass is 9.99. The van der Waals surface area contributed by atoms with E-state index in [0.29, 0.717) is 16.3 Å². The van der Waals surface area contributed by atoms with Gasteiger partial charge < -0.3 is 29.0 Å². The lowest BCUT2D eigenvalue weighted by molar-refractivity contribution is -0.194. The third-order valence-corrected chi connectivity index (χ3v) is 5.82. The fourth-order valence-corrected chi connectivity index (χ4v) is 4.59. The molecule has 5 atom stereocenters. The van der Waals surface area contributed by atoms with E-state index in [-0.39, 0.29) is 5.11 Å². The topological polar surface area (TPSA) is 147 Å². The summed E-state index contributed by atoms with van der Waals surface area (Å²) in [6.07, 6.45) is -5.65. The molecule has 0 radical (unpaired) electrons. The molecule has 208 valence electrons. The maximum atomic E-state index is 12.2. The first-order chi connectivity index (χ1) is 17.7. The number of hydrogen-bond donors (Lipinski definition) is 1. The molecular weight excluding hydrogens is 544 g/mol. The van der Waals surface area contributed by atoms with Crippen LogP contribution in [0.5, 0.6) is 0 Å². The van der Waals surface area contributed by atoms with Gasteiger partial charge in [0.1, 0.15) is 12.6 Å². The highest BCUT2D eigenvalue weighted by molar-refractivity contribution is 7.80. The van der Waals surface area contributed by atoms with E-state index >= 15 is 0 Å². The smallest absolute Gasteiger partial charge is 0.304 e. The molecule has 0 aliphatic carbocycles. The molecule has 0 bridgehead atoms. The third-order valence-electron chi connectivity index (χ3n) is 5.20. The number of carbonyl (C=O) groups excluding carboxylic acids is 5. The van der Waals surface area contributed by atoms with Crippen LogP contribution in [0.2, 0.25) is 5.02 Å². The molecule has 1 saturated heterocycles. The van der Waals surface area contributed by atoms with Gasteiger partial charge in [-0.05, 0) is 30.8 Å². The van der Waals surface area contributed by atoms with Crippen molar-refractivity contribution in [1.82, 2.24) is 5.32 Å². The Labute approximate surface area is 229 Å². The number of rotatable bonds is 10. The predicted octanol–water partition coefficient (Wildman–Crippen LogP) is 1.96. The van der Waals surface area contributed by atoms with Gasteiger partial charge in [0.2, 0.25) is 6.23 Å². The molecule has 38 heavy (non-hydrogen) atoms. The Morgan fingerprint density at radius 2 is 1.55 bits per heavy atom. The molecule has 1 aliphatic heterocycles. The molecule has 0 amide bonds. The highest BCUT2D eigenvalue weighted by Gasteiger charge is 2.52. The zero-order valence-corrected chi connectivity index (χ0v) is 23.2. The van der Waals surface area contributed by atoms with E-state index in [1.54, 1.807) is 25.1 Å². The molecule has 0 saturated carbocycles. The lowest BCUT2D eigenvalue weighted by Gasteiger charge is -2.36. The van der Waals surface area contributed by atoms with E-state index in [1.807, 2.05) is 0 Å². The van der Waals surface area contributed by atoms with Crippen molar-refractivity contribution in [3.05, 3.63) is 28.8 Å². The molecule has 1 heterocycles. The van der Waals surface area contributed by atoms with Crippen molar-refractivity contribution in [2.75, 3.05) is 11.5 Å². The van der Waals surface area contributed by atoms with Crippen LogP contribution in [-0.2, 0) is 47.7 Å². The van der Waals surface area contributed by atoms with Crippen molar-refractivity contribution in [3.8, 4) is 0 Å². The van der Waals surface area contributed by atoms with Crippen LogP contribution < -0.4 is 10.2 Å². The van der Waals surface area contributed by atoms with Crippen LogP contribution in [-0.4, -0.2) is 72.1 Å². The number of ether oxygens (including phenoxy) is 5. The summed E-state index contributed by atoms with van der Waals surface area (Å²) in [6, 6.07) is 3.95. The quantitative estimate of drug-likeness (QED) is 0.248. The largest absolute Gasteiger partial charge is 0.462 e.